The lowest BCUT2D eigenvalue weighted by Gasteiger charge is -2.43. The number of amides is 1. The molecule has 1 aliphatic heterocycles. The van der Waals surface area contributed by atoms with E-state index in [1.807, 2.05) is 4.90 Å². The quantitative estimate of drug-likeness (QED) is 0.825. The molecule has 0 aromatic heterocycles. The molecule has 2 rings (SSSR count). The van der Waals surface area contributed by atoms with Gasteiger partial charge in [-0.2, -0.15) is 0 Å². The summed E-state index contributed by atoms with van der Waals surface area (Å²) in [4.78, 5) is 15.0. The standard InChI is InChI=1S/C16H30N2O2/c1-13-4-7-16(12-17,8-5-13)15(20)18-9-2-3-14(11-18)6-10-19/h13-14,19H,2-12,17H2,1H3. The van der Waals surface area contributed by atoms with Crippen molar-refractivity contribution < 1.29 is 9.90 Å². The van der Waals surface area contributed by atoms with Gasteiger partial charge in [-0.05, 0) is 56.8 Å². The Morgan fingerprint density at radius 2 is 2.05 bits per heavy atom. The highest BCUT2D eigenvalue weighted by Crippen LogP contribution is 2.40. The van der Waals surface area contributed by atoms with Crippen molar-refractivity contribution >= 4 is 5.91 Å². The number of likely N-dealkylation sites (tertiary alicyclic amines) is 1. The van der Waals surface area contributed by atoms with Gasteiger partial charge in [-0.1, -0.05) is 6.92 Å². The van der Waals surface area contributed by atoms with Gasteiger partial charge >= 0.3 is 0 Å². The molecule has 0 aromatic rings. The smallest absolute Gasteiger partial charge is 0.230 e. The highest BCUT2D eigenvalue weighted by molar-refractivity contribution is 5.83. The molecule has 116 valence electrons. The third-order valence-electron chi connectivity index (χ3n) is 5.42. The summed E-state index contributed by atoms with van der Waals surface area (Å²) in [5.74, 6) is 1.48. The van der Waals surface area contributed by atoms with Gasteiger partial charge in [0, 0.05) is 26.2 Å². The van der Waals surface area contributed by atoms with Crippen LogP contribution in [0.3, 0.4) is 0 Å². The lowest BCUT2D eigenvalue weighted by molar-refractivity contribution is -0.146. The highest BCUT2D eigenvalue weighted by atomic mass is 16.3. The summed E-state index contributed by atoms with van der Waals surface area (Å²) < 4.78 is 0. The zero-order chi connectivity index (χ0) is 14.6. The molecular weight excluding hydrogens is 252 g/mol. The van der Waals surface area contributed by atoms with Crippen LogP contribution < -0.4 is 5.73 Å². The topological polar surface area (TPSA) is 66.6 Å². The van der Waals surface area contributed by atoms with Crippen molar-refractivity contribution in [3.05, 3.63) is 0 Å². The predicted molar refractivity (Wildman–Crippen MR) is 80.1 cm³/mol. The number of nitrogens with two attached hydrogens (primary N) is 1. The van der Waals surface area contributed by atoms with Crippen molar-refractivity contribution in [3.63, 3.8) is 0 Å². The van der Waals surface area contributed by atoms with Gasteiger partial charge in [-0.15, -0.1) is 0 Å². The number of hydrogen-bond donors (Lipinski definition) is 2. The number of nitrogens with zero attached hydrogens (tertiary/aromatic N) is 1. The zero-order valence-corrected chi connectivity index (χ0v) is 12.8. The maximum Gasteiger partial charge on any atom is 0.230 e. The minimum absolute atomic E-state index is 0.228. The first-order valence-electron chi connectivity index (χ1n) is 8.21. The van der Waals surface area contributed by atoms with E-state index >= 15 is 0 Å². The van der Waals surface area contributed by atoms with Crippen molar-refractivity contribution in [1.82, 2.24) is 4.90 Å². The molecular formula is C16H30N2O2. The molecule has 0 bridgehead atoms. The van der Waals surface area contributed by atoms with E-state index in [9.17, 15) is 4.79 Å². The van der Waals surface area contributed by atoms with Crippen LogP contribution in [0.4, 0.5) is 0 Å². The average molecular weight is 282 g/mol. The van der Waals surface area contributed by atoms with E-state index < -0.39 is 0 Å². The Bertz CT molecular complexity index is 322. The molecule has 1 unspecified atom stereocenters. The van der Waals surface area contributed by atoms with Crippen LogP contribution in [-0.4, -0.2) is 42.2 Å². The van der Waals surface area contributed by atoms with Crippen LogP contribution in [0.5, 0.6) is 0 Å². The number of carbonyl (C=O) groups is 1. The van der Waals surface area contributed by atoms with Gasteiger partial charge in [-0.25, -0.2) is 0 Å². The van der Waals surface area contributed by atoms with Crippen LogP contribution in [0.15, 0.2) is 0 Å². The van der Waals surface area contributed by atoms with E-state index in [-0.39, 0.29) is 17.9 Å². The average Bonchev–Trinajstić information content (AvgIpc) is 2.48. The molecule has 0 spiro atoms. The molecule has 4 heteroatoms. The fourth-order valence-corrected chi connectivity index (χ4v) is 3.82. The third kappa shape index (κ3) is 3.34. The fourth-order valence-electron chi connectivity index (χ4n) is 3.82. The highest BCUT2D eigenvalue weighted by Gasteiger charge is 2.43. The maximum absolute atomic E-state index is 12.9. The second kappa shape index (κ2) is 6.90. The van der Waals surface area contributed by atoms with Gasteiger partial charge in [0.05, 0.1) is 5.41 Å². The van der Waals surface area contributed by atoms with Crippen LogP contribution in [0, 0.1) is 17.3 Å². The number of carbonyl (C=O) groups excluding carboxylic acids is 1. The second-order valence-corrected chi connectivity index (χ2v) is 6.94. The molecule has 2 fully saturated rings. The molecule has 1 aliphatic carbocycles. The van der Waals surface area contributed by atoms with Gasteiger partial charge in [-0.3, -0.25) is 4.79 Å². The Hall–Kier alpha value is -0.610. The summed E-state index contributed by atoms with van der Waals surface area (Å²) in [5.41, 5.74) is 5.70. The molecule has 1 heterocycles. The molecule has 4 nitrogen and oxygen atoms in total. The van der Waals surface area contributed by atoms with Crippen LogP contribution in [-0.2, 0) is 4.79 Å². The summed E-state index contributed by atoms with van der Waals surface area (Å²) in [6.07, 6.45) is 7.16. The minimum atomic E-state index is -0.298. The monoisotopic (exact) mass is 282 g/mol. The Balaban J connectivity index is 2.01. The van der Waals surface area contributed by atoms with Crippen LogP contribution >= 0.6 is 0 Å². The maximum atomic E-state index is 12.9. The molecule has 20 heavy (non-hydrogen) atoms. The molecule has 0 radical (unpaired) electrons. The number of aliphatic hydroxyl groups excluding tert-OH is 1. The van der Waals surface area contributed by atoms with Crippen molar-refractivity contribution in [1.29, 1.82) is 0 Å². The molecule has 2 aliphatic rings. The van der Waals surface area contributed by atoms with Crippen LogP contribution in [0.1, 0.15) is 51.9 Å². The van der Waals surface area contributed by atoms with Crippen molar-refractivity contribution in [2.24, 2.45) is 23.0 Å². The second-order valence-electron chi connectivity index (χ2n) is 6.94. The summed E-state index contributed by atoms with van der Waals surface area (Å²) in [7, 11) is 0. The van der Waals surface area contributed by atoms with Gasteiger partial charge in [0.15, 0.2) is 0 Å². The van der Waals surface area contributed by atoms with E-state index in [1.54, 1.807) is 0 Å². The summed E-state index contributed by atoms with van der Waals surface area (Å²) in [6, 6.07) is 0. The van der Waals surface area contributed by atoms with E-state index in [4.69, 9.17) is 10.8 Å². The Kier molecular flexibility index (Phi) is 5.44. The number of piperidine rings is 1. The first-order chi connectivity index (χ1) is 9.61. The van der Waals surface area contributed by atoms with Crippen molar-refractivity contribution in [2.75, 3.05) is 26.2 Å². The molecule has 3 N–H and O–H groups in total. The van der Waals surface area contributed by atoms with E-state index in [0.717, 1.165) is 64.0 Å². The van der Waals surface area contributed by atoms with Crippen molar-refractivity contribution in [2.45, 2.75) is 51.9 Å². The largest absolute Gasteiger partial charge is 0.396 e. The summed E-state index contributed by atoms with van der Waals surface area (Å²) in [6.45, 7) is 4.67. The molecule has 1 saturated carbocycles. The third-order valence-corrected chi connectivity index (χ3v) is 5.42. The summed E-state index contributed by atoms with van der Waals surface area (Å²) >= 11 is 0. The minimum Gasteiger partial charge on any atom is -0.396 e. The number of rotatable bonds is 4. The lowest BCUT2D eigenvalue weighted by Crippen LogP contribution is -2.52. The molecule has 0 aromatic carbocycles. The van der Waals surface area contributed by atoms with Crippen LogP contribution in [0.2, 0.25) is 0 Å². The Labute approximate surface area is 122 Å². The van der Waals surface area contributed by atoms with Gasteiger partial charge in [0.1, 0.15) is 0 Å². The molecule has 1 atom stereocenters. The number of hydrogen-bond acceptors (Lipinski definition) is 3. The predicted octanol–water partition coefficient (Wildman–Crippen LogP) is 1.76. The lowest BCUT2D eigenvalue weighted by atomic mass is 9.69. The van der Waals surface area contributed by atoms with Crippen molar-refractivity contribution in [3.8, 4) is 0 Å². The van der Waals surface area contributed by atoms with E-state index in [1.165, 1.54) is 0 Å². The van der Waals surface area contributed by atoms with Crippen LogP contribution in [0.25, 0.3) is 0 Å². The summed E-state index contributed by atoms with van der Waals surface area (Å²) in [5, 5.41) is 9.09. The van der Waals surface area contributed by atoms with E-state index in [0.29, 0.717) is 12.5 Å². The van der Waals surface area contributed by atoms with Gasteiger partial charge in [0.25, 0.3) is 0 Å². The molecule has 1 saturated heterocycles. The zero-order valence-electron chi connectivity index (χ0n) is 12.8. The normalized spacial score (nSPS) is 35.0. The number of aliphatic hydroxyl groups is 1. The Morgan fingerprint density at radius 1 is 1.35 bits per heavy atom. The SMILES string of the molecule is CC1CCC(CN)(C(=O)N2CCCC(CCO)C2)CC1. The van der Waals surface area contributed by atoms with Gasteiger partial charge in [0.2, 0.25) is 5.91 Å². The molecule has 1 amide bonds. The first kappa shape index (κ1) is 15.8. The fraction of sp³-hybridized carbons (Fsp3) is 0.938. The Morgan fingerprint density at radius 3 is 2.65 bits per heavy atom. The first-order valence-corrected chi connectivity index (χ1v) is 8.21. The van der Waals surface area contributed by atoms with Gasteiger partial charge < -0.3 is 15.7 Å². The van der Waals surface area contributed by atoms with E-state index in [2.05, 4.69) is 6.92 Å².